The van der Waals surface area contributed by atoms with Crippen LogP contribution in [0.2, 0.25) is 0 Å². The highest BCUT2D eigenvalue weighted by molar-refractivity contribution is 5.71. The normalized spacial score (nSPS) is 12.4. The second kappa shape index (κ2) is 51.0. The van der Waals surface area contributed by atoms with Gasteiger partial charge >= 0.3 is 17.9 Å². The molecule has 0 aliphatic rings. The van der Waals surface area contributed by atoms with Crippen molar-refractivity contribution in [2.75, 3.05) is 13.2 Å². The van der Waals surface area contributed by atoms with Gasteiger partial charge in [-0.05, 0) is 70.6 Å². The fourth-order valence-electron chi connectivity index (χ4n) is 7.59. The molecule has 0 N–H and O–H groups in total. The SMILES string of the molecule is CC/C=C\C/C=C\CCCCCCCCCC(=O)OC(COC(=O)CCCCCCC/C=C\C=C/CCCCCCCCC)COC(=O)CCCCCCCCCCCCCC. The summed E-state index contributed by atoms with van der Waals surface area (Å²) in [4.78, 5) is 38.0. The fourth-order valence-corrected chi connectivity index (χ4v) is 7.59. The zero-order valence-corrected chi connectivity index (χ0v) is 41.1. The molecule has 0 rings (SSSR count). The Kier molecular flexibility index (Phi) is 48.8. The summed E-state index contributed by atoms with van der Waals surface area (Å²) in [5.41, 5.74) is 0. The number of rotatable bonds is 48. The van der Waals surface area contributed by atoms with Gasteiger partial charge in [0.15, 0.2) is 6.10 Å². The lowest BCUT2D eigenvalue weighted by atomic mass is 10.0. The number of allylic oxidation sites excluding steroid dienone is 8. The zero-order chi connectivity index (χ0) is 45.1. The maximum absolute atomic E-state index is 12.8. The van der Waals surface area contributed by atoms with Crippen molar-refractivity contribution in [2.24, 2.45) is 0 Å². The molecule has 0 aromatic carbocycles. The second-order valence-electron chi connectivity index (χ2n) is 17.8. The molecule has 0 saturated carbocycles. The molecule has 0 aromatic heterocycles. The van der Waals surface area contributed by atoms with Crippen molar-refractivity contribution < 1.29 is 28.6 Å². The first kappa shape index (κ1) is 59.4. The molecule has 0 spiro atoms. The van der Waals surface area contributed by atoms with E-state index in [-0.39, 0.29) is 31.1 Å². The van der Waals surface area contributed by atoms with Crippen molar-refractivity contribution in [3.05, 3.63) is 48.6 Å². The van der Waals surface area contributed by atoms with Gasteiger partial charge in [-0.3, -0.25) is 14.4 Å². The molecule has 0 radical (unpaired) electrons. The lowest BCUT2D eigenvalue weighted by Gasteiger charge is -2.18. The van der Waals surface area contributed by atoms with Crippen LogP contribution in [0.15, 0.2) is 48.6 Å². The molecular weight excluding hydrogens is 769 g/mol. The highest BCUT2D eigenvalue weighted by Crippen LogP contribution is 2.15. The molecule has 62 heavy (non-hydrogen) atoms. The van der Waals surface area contributed by atoms with Gasteiger partial charge in [-0.25, -0.2) is 0 Å². The summed E-state index contributed by atoms with van der Waals surface area (Å²) in [6, 6.07) is 0. The monoisotopic (exact) mass is 869 g/mol. The minimum atomic E-state index is -0.780. The summed E-state index contributed by atoms with van der Waals surface area (Å²) in [5.74, 6) is -0.895. The Hall–Kier alpha value is -2.63. The van der Waals surface area contributed by atoms with E-state index < -0.39 is 6.10 Å². The van der Waals surface area contributed by atoms with Crippen LogP contribution in [0.3, 0.4) is 0 Å². The van der Waals surface area contributed by atoms with Gasteiger partial charge < -0.3 is 14.2 Å². The quantitative estimate of drug-likeness (QED) is 0.0199. The molecule has 0 aliphatic carbocycles. The second-order valence-corrected chi connectivity index (χ2v) is 17.8. The fraction of sp³-hybridized carbons (Fsp3) is 0.804. The molecule has 1 unspecified atom stereocenters. The van der Waals surface area contributed by atoms with Crippen LogP contribution in [0.25, 0.3) is 0 Å². The number of carbonyl (C=O) groups is 3. The summed E-state index contributed by atoms with van der Waals surface area (Å²) in [7, 11) is 0. The van der Waals surface area contributed by atoms with E-state index in [1.54, 1.807) is 0 Å². The Morgan fingerprint density at radius 2 is 0.677 bits per heavy atom. The molecule has 0 bridgehead atoms. The van der Waals surface area contributed by atoms with E-state index in [4.69, 9.17) is 14.2 Å². The maximum atomic E-state index is 12.8. The highest BCUT2D eigenvalue weighted by atomic mass is 16.6. The molecule has 0 fully saturated rings. The first-order valence-corrected chi connectivity index (χ1v) is 26.7. The Morgan fingerprint density at radius 1 is 0.355 bits per heavy atom. The third-order valence-corrected chi connectivity index (χ3v) is 11.6. The molecular formula is C56H100O6. The van der Waals surface area contributed by atoms with E-state index in [9.17, 15) is 14.4 Å². The average Bonchev–Trinajstić information content (AvgIpc) is 3.27. The smallest absolute Gasteiger partial charge is 0.306 e. The number of esters is 3. The summed E-state index contributed by atoms with van der Waals surface area (Å²) in [6.45, 7) is 6.52. The van der Waals surface area contributed by atoms with Gasteiger partial charge in [0.2, 0.25) is 0 Å². The summed E-state index contributed by atoms with van der Waals surface area (Å²) < 4.78 is 16.8. The lowest BCUT2D eigenvalue weighted by Crippen LogP contribution is -2.30. The van der Waals surface area contributed by atoms with Crippen molar-refractivity contribution in [3.8, 4) is 0 Å². The van der Waals surface area contributed by atoms with E-state index in [0.29, 0.717) is 19.3 Å². The van der Waals surface area contributed by atoms with Crippen LogP contribution in [0.5, 0.6) is 0 Å². The van der Waals surface area contributed by atoms with Crippen LogP contribution < -0.4 is 0 Å². The largest absolute Gasteiger partial charge is 0.462 e. The molecule has 0 aliphatic heterocycles. The Morgan fingerprint density at radius 3 is 1.06 bits per heavy atom. The van der Waals surface area contributed by atoms with Crippen molar-refractivity contribution in [2.45, 2.75) is 277 Å². The Labute approximate surface area is 384 Å². The van der Waals surface area contributed by atoms with Crippen LogP contribution in [0, 0.1) is 0 Å². The van der Waals surface area contributed by atoms with Gasteiger partial charge in [-0.15, -0.1) is 0 Å². The van der Waals surface area contributed by atoms with Gasteiger partial charge in [-0.1, -0.05) is 230 Å². The molecule has 0 amide bonds. The zero-order valence-electron chi connectivity index (χ0n) is 41.1. The predicted molar refractivity (Wildman–Crippen MR) is 265 cm³/mol. The summed E-state index contributed by atoms with van der Waals surface area (Å²) >= 11 is 0. The van der Waals surface area contributed by atoms with Gasteiger partial charge in [0, 0.05) is 19.3 Å². The van der Waals surface area contributed by atoms with Gasteiger partial charge in [-0.2, -0.15) is 0 Å². The molecule has 1 atom stereocenters. The topological polar surface area (TPSA) is 78.9 Å². The number of hydrogen-bond acceptors (Lipinski definition) is 6. The maximum Gasteiger partial charge on any atom is 0.306 e. The molecule has 0 saturated heterocycles. The van der Waals surface area contributed by atoms with E-state index in [2.05, 4.69) is 69.4 Å². The van der Waals surface area contributed by atoms with Gasteiger partial charge in [0.1, 0.15) is 13.2 Å². The van der Waals surface area contributed by atoms with Crippen molar-refractivity contribution in [1.29, 1.82) is 0 Å². The minimum absolute atomic E-state index is 0.0792. The number of unbranched alkanes of at least 4 members (excludes halogenated alkanes) is 30. The van der Waals surface area contributed by atoms with Gasteiger partial charge in [0.05, 0.1) is 0 Å². The molecule has 6 heteroatoms. The van der Waals surface area contributed by atoms with Crippen LogP contribution in [-0.4, -0.2) is 37.2 Å². The number of ether oxygens (including phenoxy) is 3. The first-order valence-electron chi connectivity index (χ1n) is 26.7. The Balaban J connectivity index is 4.37. The Bertz CT molecular complexity index is 1090. The molecule has 0 aromatic rings. The summed E-state index contributed by atoms with van der Waals surface area (Å²) in [5, 5.41) is 0. The van der Waals surface area contributed by atoms with Crippen molar-refractivity contribution in [1.82, 2.24) is 0 Å². The van der Waals surface area contributed by atoms with Crippen LogP contribution >= 0.6 is 0 Å². The third kappa shape index (κ3) is 48.4. The lowest BCUT2D eigenvalue weighted by molar-refractivity contribution is -0.167. The predicted octanol–water partition coefficient (Wildman–Crippen LogP) is 17.5. The van der Waals surface area contributed by atoms with E-state index in [0.717, 1.165) is 96.3 Å². The molecule has 6 nitrogen and oxygen atoms in total. The van der Waals surface area contributed by atoms with E-state index in [1.807, 2.05) is 0 Å². The first-order chi connectivity index (χ1) is 30.5. The van der Waals surface area contributed by atoms with E-state index >= 15 is 0 Å². The standard InChI is InChI=1S/C56H100O6/c1-4-7-10-13-16-19-22-25-27-28-29-30-32-34-37-40-43-46-49-55(58)61-52-53(51-60-54(57)48-45-42-39-36-33-24-21-18-15-12-9-6-3)62-56(59)50-47-44-41-38-35-31-26-23-20-17-14-11-8-5-2/h8,11,17,20,27-30,53H,4-7,9-10,12-16,18-19,21-26,31-52H2,1-3H3/b11-8-,20-17-,28-27-,30-29-. The van der Waals surface area contributed by atoms with Crippen LogP contribution in [-0.2, 0) is 28.6 Å². The molecule has 0 heterocycles. The summed E-state index contributed by atoms with van der Waals surface area (Å²) in [6.07, 6.45) is 60.9. The van der Waals surface area contributed by atoms with Crippen molar-refractivity contribution >= 4 is 17.9 Å². The number of carbonyl (C=O) groups excluding carboxylic acids is 3. The highest BCUT2D eigenvalue weighted by Gasteiger charge is 2.19. The van der Waals surface area contributed by atoms with Crippen LogP contribution in [0.4, 0.5) is 0 Å². The average molecular weight is 869 g/mol. The van der Waals surface area contributed by atoms with Crippen LogP contribution in [0.1, 0.15) is 271 Å². The van der Waals surface area contributed by atoms with Gasteiger partial charge in [0.25, 0.3) is 0 Å². The van der Waals surface area contributed by atoms with E-state index in [1.165, 1.54) is 135 Å². The molecule has 360 valence electrons. The third-order valence-electron chi connectivity index (χ3n) is 11.6. The van der Waals surface area contributed by atoms with Crippen molar-refractivity contribution in [3.63, 3.8) is 0 Å². The number of hydrogen-bond donors (Lipinski definition) is 0. The minimum Gasteiger partial charge on any atom is -0.462 e.